The Hall–Kier alpha value is -2.89. The summed E-state index contributed by atoms with van der Waals surface area (Å²) in [7, 11) is 0. The van der Waals surface area contributed by atoms with E-state index in [-0.39, 0.29) is 12.0 Å². The number of hydrogen-bond donors (Lipinski definition) is 1. The van der Waals surface area contributed by atoms with Gasteiger partial charge in [0.25, 0.3) is 5.91 Å². The number of rotatable bonds is 5. The number of imidazole rings is 1. The van der Waals surface area contributed by atoms with Gasteiger partial charge in [-0.15, -0.1) is 5.10 Å². The molecule has 1 N–H and O–H groups in total. The van der Waals surface area contributed by atoms with Crippen molar-refractivity contribution in [2.75, 3.05) is 6.54 Å². The number of aromatic nitrogens is 3. The van der Waals surface area contributed by atoms with E-state index in [0.717, 1.165) is 29.7 Å². The first kappa shape index (κ1) is 17.5. The number of carbonyl (C=O) groups excluding carboxylic acids is 1. The Bertz CT molecular complexity index is 944. The topological polar surface area (TPSA) is 68.5 Å². The number of nitrogens with zero attached hydrogens (tertiary/aromatic N) is 3. The molecular weight excluding hydrogens is 340 g/mol. The summed E-state index contributed by atoms with van der Waals surface area (Å²) in [5.41, 5.74) is 3.11. The summed E-state index contributed by atoms with van der Waals surface area (Å²) in [5.74, 6) is 0.538. The molecule has 0 unspecified atom stereocenters. The van der Waals surface area contributed by atoms with Crippen LogP contribution in [0.1, 0.15) is 49.4 Å². The van der Waals surface area contributed by atoms with Crippen LogP contribution >= 0.6 is 0 Å². The molecule has 0 radical (unpaired) electrons. The Balaban J connectivity index is 1.65. The summed E-state index contributed by atoms with van der Waals surface area (Å²) >= 11 is 0. The summed E-state index contributed by atoms with van der Waals surface area (Å²) in [6.45, 7) is 2.51. The van der Waals surface area contributed by atoms with Gasteiger partial charge in [0.15, 0.2) is 5.65 Å². The highest BCUT2D eigenvalue weighted by Crippen LogP contribution is 2.25. The van der Waals surface area contributed by atoms with Crippen LogP contribution in [0.3, 0.4) is 0 Å². The highest BCUT2D eigenvalue weighted by Gasteiger charge is 2.17. The van der Waals surface area contributed by atoms with E-state index >= 15 is 0 Å². The van der Waals surface area contributed by atoms with Crippen molar-refractivity contribution in [1.29, 1.82) is 0 Å². The second-order valence-corrected chi connectivity index (χ2v) is 6.90. The molecule has 6 nitrogen and oxygen atoms in total. The van der Waals surface area contributed by atoms with Gasteiger partial charge in [-0.05, 0) is 50.8 Å². The zero-order chi connectivity index (χ0) is 18.6. The van der Waals surface area contributed by atoms with E-state index < -0.39 is 0 Å². The molecule has 1 amide bonds. The highest BCUT2D eigenvalue weighted by molar-refractivity contribution is 5.95. The van der Waals surface area contributed by atoms with Crippen molar-refractivity contribution >= 4 is 11.6 Å². The smallest absolute Gasteiger partial charge is 0.251 e. The highest BCUT2D eigenvalue weighted by atomic mass is 16.5. The molecule has 1 aliphatic carbocycles. The summed E-state index contributed by atoms with van der Waals surface area (Å²) in [5, 5.41) is 7.48. The molecule has 4 rings (SSSR count). The number of amides is 1. The number of nitrogens with one attached hydrogen (secondary N) is 1. The molecule has 2 heterocycles. The predicted octanol–water partition coefficient (Wildman–Crippen LogP) is 3.86. The van der Waals surface area contributed by atoms with Gasteiger partial charge in [-0.1, -0.05) is 18.6 Å². The lowest BCUT2D eigenvalue weighted by molar-refractivity contribution is 0.0956. The minimum Gasteiger partial charge on any atom is -0.473 e. The van der Waals surface area contributed by atoms with Crippen molar-refractivity contribution in [3.8, 4) is 17.1 Å². The van der Waals surface area contributed by atoms with E-state index in [1.165, 1.54) is 19.3 Å². The van der Waals surface area contributed by atoms with Gasteiger partial charge >= 0.3 is 0 Å². The molecule has 2 aromatic heterocycles. The molecule has 1 aliphatic rings. The van der Waals surface area contributed by atoms with Crippen LogP contribution in [0.15, 0.2) is 42.6 Å². The van der Waals surface area contributed by atoms with Crippen molar-refractivity contribution < 1.29 is 9.53 Å². The van der Waals surface area contributed by atoms with Gasteiger partial charge in [-0.3, -0.25) is 4.79 Å². The van der Waals surface area contributed by atoms with Gasteiger partial charge in [-0.25, -0.2) is 9.50 Å². The maximum absolute atomic E-state index is 12.1. The van der Waals surface area contributed by atoms with E-state index in [1.54, 1.807) is 10.7 Å². The number of hydrogen-bond acceptors (Lipinski definition) is 4. The third-order valence-electron chi connectivity index (χ3n) is 4.94. The first-order valence-corrected chi connectivity index (χ1v) is 9.64. The molecule has 140 valence electrons. The van der Waals surface area contributed by atoms with Crippen LogP contribution in [-0.4, -0.2) is 33.2 Å². The van der Waals surface area contributed by atoms with E-state index in [0.29, 0.717) is 18.0 Å². The quantitative estimate of drug-likeness (QED) is 0.746. The van der Waals surface area contributed by atoms with Crippen LogP contribution in [0, 0.1) is 0 Å². The first-order valence-electron chi connectivity index (χ1n) is 9.64. The van der Waals surface area contributed by atoms with Crippen molar-refractivity contribution in [2.45, 2.75) is 45.1 Å². The van der Waals surface area contributed by atoms with E-state index in [2.05, 4.69) is 15.4 Å². The van der Waals surface area contributed by atoms with Gasteiger partial charge in [0.2, 0.25) is 5.88 Å². The van der Waals surface area contributed by atoms with Crippen molar-refractivity contribution in [3.05, 3.63) is 48.2 Å². The second kappa shape index (κ2) is 7.78. The Labute approximate surface area is 158 Å². The van der Waals surface area contributed by atoms with Crippen LogP contribution < -0.4 is 10.1 Å². The Morgan fingerprint density at radius 1 is 1.22 bits per heavy atom. The maximum atomic E-state index is 12.1. The summed E-state index contributed by atoms with van der Waals surface area (Å²) in [6.07, 6.45) is 7.93. The predicted molar refractivity (Wildman–Crippen MR) is 104 cm³/mol. The molecule has 0 atom stereocenters. The molecule has 0 spiro atoms. The number of fused-ring (bicyclic) bond motifs is 1. The van der Waals surface area contributed by atoms with E-state index in [4.69, 9.17) is 4.74 Å². The standard InChI is InChI=1S/C21H24N4O2/c1-2-22-21(26)16-8-6-7-15(13-16)18-14-23-19-11-12-20(24-25(18)19)27-17-9-4-3-5-10-17/h6-8,11-14,17H,2-5,9-10H2,1H3,(H,22,26). The zero-order valence-electron chi connectivity index (χ0n) is 15.5. The van der Waals surface area contributed by atoms with Crippen molar-refractivity contribution in [2.24, 2.45) is 0 Å². The average molecular weight is 364 g/mol. The van der Waals surface area contributed by atoms with Gasteiger partial charge in [0, 0.05) is 23.7 Å². The molecule has 6 heteroatoms. The normalized spacial score (nSPS) is 15.0. The molecule has 0 saturated heterocycles. The molecular formula is C21H24N4O2. The fraction of sp³-hybridized carbons (Fsp3) is 0.381. The minimum absolute atomic E-state index is 0.0811. The molecule has 0 aliphatic heterocycles. The average Bonchev–Trinajstić information content (AvgIpc) is 3.12. The first-order chi connectivity index (χ1) is 13.2. The SMILES string of the molecule is CCNC(=O)c1cccc(-c2cnc3ccc(OC4CCCCC4)nn23)c1. The minimum atomic E-state index is -0.0811. The van der Waals surface area contributed by atoms with Crippen LogP contribution in [0.5, 0.6) is 5.88 Å². The third kappa shape index (κ3) is 3.79. The number of carbonyl (C=O) groups is 1. The van der Waals surface area contributed by atoms with Crippen LogP contribution in [0.25, 0.3) is 16.9 Å². The van der Waals surface area contributed by atoms with Crippen molar-refractivity contribution in [3.63, 3.8) is 0 Å². The lowest BCUT2D eigenvalue weighted by Gasteiger charge is -2.22. The molecule has 27 heavy (non-hydrogen) atoms. The monoisotopic (exact) mass is 364 g/mol. The number of ether oxygens (including phenoxy) is 1. The summed E-state index contributed by atoms with van der Waals surface area (Å²) < 4.78 is 7.88. The van der Waals surface area contributed by atoms with Crippen molar-refractivity contribution in [1.82, 2.24) is 19.9 Å². The molecule has 1 fully saturated rings. The molecule has 1 aromatic carbocycles. The van der Waals surface area contributed by atoms with Crippen LogP contribution in [-0.2, 0) is 0 Å². The van der Waals surface area contributed by atoms with Gasteiger partial charge < -0.3 is 10.1 Å². The van der Waals surface area contributed by atoms with Crippen LogP contribution in [0.4, 0.5) is 0 Å². The summed E-state index contributed by atoms with van der Waals surface area (Å²) in [6, 6.07) is 11.3. The van der Waals surface area contributed by atoms with E-state index in [9.17, 15) is 4.79 Å². The fourth-order valence-electron chi connectivity index (χ4n) is 3.55. The Kier molecular flexibility index (Phi) is 5.05. The Morgan fingerprint density at radius 2 is 2.07 bits per heavy atom. The lowest BCUT2D eigenvalue weighted by atomic mass is 9.98. The molecule has 0 bridgehead atoms. The lowest BCUT2D eigenvalue weighted by Crippen LogP contribution is -2.22. The zero-order valence-corrected chi connectivity index (χ0v) is 15.5. The maximum Gasteiger partial charge on any atom is 0.251 e. The van der Waals surface area contributed by atoms with Crippen LogP contribution in [0.2, 0.25) is 0 Å². The third-order valence-corrected chi connectivity index (χ3v) is 4.94. The second-order valence-electron chi connectivity index (χ2n) is 6.90. The largest absolute Gasteiger partial charge is 0.473 e. The van der Waals surface area contributed by atoms with Gasteiger partial charge in [0.1, 0.15) is 6.10 Å². The van der Waals surface area contributed by atoms with Gasteiger partial charge in [0.05, 0.1) is 11.9 Å². The Morgan fingerprint density at radius 3 is 2.89 bits per heavy atom. The molecule has 3 aromatic rings. The van der Waals surface area contributed by atoms with E-state index in [1.807, 2.05) is 43.3 Å². The molecule has 1 saturated carbocycles. The fourth-order valence-corrected chi connectivity index (χ4v) is 3.55. The number of benzene rings is 1. The summed E-state index contributed by atoms with van der Waals surface area (Å²) in [4.78, 5) is 16.6. The van der Waals surface area contributed by atoms with Gasteiger partial charge in [-0.2, -0.15) is 0 Å².